The van der Waals surface area contributed by atoms with Crippen LogP contribution in [-0.4, -0.2) is 72.0 Å². The molecule has 3 amide bonds. The minimum atomic E-state index is -0.480. The number of hydrogen-bond acceptors (Lipinski definition) is 5. The molecule has 1 aromatic carbocycles. The molecule has 0 aromatic heterocycles. The molecule has 8 nitrogen and oxygen atoms in total. The molecule has 0 radical (unpaired) electrons. The number of aliphatic hydroxyl groups excluding tert-OH is 1. The van der Waals surface area contributed by atoms with Crippen LogP contribution in [0.3, 0.4) is 0 Å². The Morgan fingerprint density at radius 2 is 1.96 bits per heavy atom. The Morgan fingerprint density at radius 3 is 2.67 bits per heavy atom. The lowest BCUT2D eigenvalue weighted by Gasteiger charge is -2.34. The second kappa shape index (κ2) is 6.98. The summed E-state index contributed by atoms with van der Waals surface area (Å²) in [5, 5.41) is 14.5. The summed E-state index contributed by atoms with van der Waals surface area (Å²) in [5.41, 5.74) is 2.07. The van der Waals surface area contributed by atoms with Gasteiger partial charge in [-0.25, -0.2) is 0 Å². The Kier molecular flexibility index (Phi) is 4.77. The molecular formula is C16H20N4O4. The van der Waals surface area contributed by atoms with E-state index in [0.29, 0.717) is 44.0 Å². The van der Waals surface area contributed by atoms with Gasteiger partial charge in [0.2, 0.25) is 11.8 Å². The van der Waals surface area contributed by atoms with E-state index in [4.69, 9.17) is 5.11 Å². The number of nitrogens with zero attached hydrogens (tertiary/aromatic N) is 2. The third-order valence-electron chi connectivity index (χ3n) is 4.35. The fourth-order valence-electron chi connectivity index (χ4n) is 3.02. The number of rotatable bonds is 4. The van der Waals surface area contributed by atoms with E-state index in [0.717, 1.165) is 5.56 Å². The second-order valence-corrected chi connectivity index (χ2v) is 5.88. The number of hydrogen-bond donors (Lipinski definition) is 3. The van der Waals surface area contributed by atoms with Gasteiger partial charge in [-0.15, -0.1) is 0 Å². The van der Waals surface area contributed by atoms with Crippen LogP contribution in [-0.2, 0) is 16.1 Å². The smallest absolute Gasteiger partial charge is 0.251 e. The molecule has 24 heavy (non-hydrogen) atoms. The van der Waals surface area contributed by atoms with Crippen molar-refractivity contribution in [3.8, 4) is 0 Å². The Bertz CT molecular complexity index is 668. The maximum Gasteiger partial charge on any atom is 0.251 e. The van der Waals surface area contributed by atoms with Gasteiger partial charge >= 0.3 is 0 Å². The Hall–Kier alpha value is -2.45. The van der Waals surface area contributed by atoms with Crippen molar-refractivity contribution in [1.82, 2.24) is 15.1 Å². The van der Waals surface area contributed by atoms with Gasteiger partial charge in [-0.05, 0) is 12.1 Å². The molecule has 3 rings (SSSR count). The molecule has 0 bridgehead atoms. The van der Waals surface area contributed by atoms with Gasteiger partial charge in [-0.3, -0.25) is 19.3 Å². The lowest BCUT2D eigenvalue weighted by molar-refractivity contribution is -0.136. The van der Waals surface area contributed by atoms with E-state index in [1.165, 1.54) is 0 Å². The number of piperazine rings is 1. The maximum atomic E-state index is 12.3. The summed E-state index contributed by atoms with van der Waals surface area (Å²) in [6, 6.07) is 5.28. The first-order valence-corrected chi connectivity index (χ1v) is 7.89. The Labute approximate surface area is 139 Å². The van der Waals surface area contributed by atoms with Crippen molar-refractivity contribution in [2.45, 2.75) is 6.54 Å². The maximum absolute atomic E-state index is 12.3. The SMILES string of the molecule is O=C(CN1CCN(C(=O)CO)CC1)Nc1cccc2c1CNC2=O. The summed E-state index contributed by atoms with van der Waals surface area (Å²) < 4.78 is 0. The van der Waals surface area contributed by atoms with Gasteiger partial charge in [0.1, 0.15) is 6.61 Å². The zero-order chi connectivity index (χ0) is 17.1. The van der Waals surface area contributed by atoms with Crippen LogP contribution >= 0.6 is 0 Å². The fraction of sp³-hybridized carbons (Fsp3) is 0.438. The molecule has 1 fully saturated rings. The summed E-state index contributed by atoms with van der Waals surface area (Å²) >= 11 is 0. The van der Waals surface area contributed by atoms with Crippen molar-refractivity contribution in [1.29, 1.82) is 0 Å². The molecule has 0 unspecified atom stereocenters. The minimum Gasteiger partial charge on any atom is -0.387 e. The van der Waals surface area contributed by atoms with Gasteiger partial charge in [-0.2, -0.15) is 0 Å². The highest BCUT2D eigenvalue weighted by molar-refractivity contribution is 6.02. The van der Waals surface area contributed by atoms with Gasteiger partial charge in [0.05, 0.1) is 6.54 Å². The van der Waals surface area contributed by atoms with Gasteiger partial charge in [0.15, 0.2) is 0 Å². The molecule has 0 spiro atoms. The normalized spacial score (nSPS) is 17.4. The standard InChI is InChI=1S/C16H20N4O4/c21-10-15(23)20-6-4-19(5-7-20)9-14(22)18-13-3-1-2-11-12(13)8-17-16(11)24/h1-3,21H,4-10H2,(H,17,24)(H,18,22). The van der Waals surface area contributed by atoms with Crippen LogP contribution in [0.1, 0.15) is 15.9 Å². The third-order valence-corrected chi connectivity index (χ3v) is 4.35. The van der Waals surface area contributed by atoms with Crippen LogP contribution < -0.4 is 10.6 Å². The van der Waals surface area contributed by atoms with Crippen molar-refractivity contribution in [3.05, 3.63) is 29.3 Å². The predicted molar refractivity (Wildman–Crippen MR) is 86.3 cm³/mol. The van der Waals surface area contributed by atoms with E-state index in [1.54, 1.807) is 23.1 Å². The lowest BCUT2D eigenvalue weighted by atomic mass is 10.1. The lowest BCUT2D eigenvalue weighted by Crippen LogP contribution is -2.51. The monoisotopic (exact) mass is 332 g/mol. The summed E-state index contributed by atoms with van der Waals surface area (Å²) in [4.78, 5) is 38.9. The molecule has 128 valence electrons. The minimum absolute atomic E-state index is 0.120. The average molecular weight is 332 g/mol. The number of nitrogens with one attached hydrogen (secondary N) is 2. The largest absolute Gasteiger partial charge is 0.387 e. The summed E-state index contributed by atoms with van der Waals surface area (Å²) in [5.74, 6) is -0.549. The van der Waals surface area contributed by atoms with Gasteiger partial charge in [0.25, 0.3) is 5.91 Å². The van der Waals surface area contributed by atoms with E-state index >= 15 is 0 Å². The third kappa shape index (κ3) is 3.39. The first kappa shape index (κ1) is 16.4. The highest BCUT2D eigenvalue weighted by Gasteiger charge is 2.24. The van der Waals surface area contributed by atoms with Crippen molar-refractivity contribution < 1.29 is 19.5 Å². The van der Waals surface area contributed by atoms with Gasteiger partial charge in [-0.1, -0.05) is 6.07 Å². The summed E-state index contributed by atoms with van der Waals surface area (Å²) in [7, 11) is 0. The van der Waals surface area contributed by atoms with Crippen LogP contribution in [0, 0.1) is 0 Å². The summed E-state index contributed by atoms with van der Waals surface area (Å²) in [6.45, 7) is 2.36. The van der Waals surface area contributed by atoms with Crippen LogP contribution in [0.15, 0.2) is 18.2 Å². The number of carbonyl (C=O) groups is 3. The van der Waals surface area contributed by atoms with E-state index in [2.05, 4.69) is 10.6 Å². The van der Waals surface area contributed by atoms with Gasteiger partial charge in [0, 0.05) is 49.5 Å². The predicted octanol–water partition coefficient (Wildman–Crippen LogP) is -0.995. The van der Waals surface area contributed by atoms with E-state index in [1.807, 2.05) is 4.90 Å². The summed E-state index contributed by atoms with van der Waals surface area (Å²) in [6.07, 6.45) is 0. The zero-order valence-electron chi connectivity index (χ0n) is 13.2. The molecule has 8 heteroatoms. The van der Waals surface area contributed by atoms with Crippen molar-refractivity contribution in [3.63, 3.8) is 0 Å². The highest BCUT2D eigenvalue weighted by atomic mass is 16.3. The number of amides is 3. The molecule has 0 atom stereocenters. The molecular weight excluding hydrogens is 312 g/mol. The second-order valence-electron chi connectivity index (χ2n) is 5.88. The number of fused-ring (bicyclic) bond motifs is 1. The quantitative estimate of drug-likeness (QED) is 0.657. The van der Waals surface area contributed by atoms with Crippen LogP contribution in [0.25, 0.3) is 0 Å². The zero-order valence-corrected chi connectivity index (χ0v) is 13.2. The number of anilines is 1. The first-order valence-electron chi connectivity index (χ1n) is 7.89. The number of benzene rings is 1. The van der Waals surface area contributed by atoms with E-state index in [-0.39, 0.29) is 24.3 Å². The van der Waals surface area contributed by atoms with Crippen LogP contribution in [0.5, 0.6) is 0 Å². The van der Waals surface area contributed by atoms with Crippen molar-refractivity contribution >= 4 is 23.4 Å². The van der Waals surface area contributed by atoms with Crippen molar-refractivity contribution in [2.75, 3.05) is 44.6 Å². The Morgan fingerprint density at radius 1 is 1.21 bits per heavy atom. The fourth-order valence-corrected chi connectivity index (χ4v) is 3.02. The van der Waals surface area contributed by atoms with Crippen LogP contribution in [0.4, 0.5) is 5.69 Å². The highest BCUT2D eigenvalue weighted by Crippen LogP contribution is 2.24. The molecule has 0 saturated carbocycles. The first-order chi connectivity index (χ1) is 11.6. The molecule has 1 aromatic rings. The van der Waals surface area contributed by atoms with Gasteiger partial charge < -0.3 is 20.6 Å². The van der Waals surface area contributed by atoms with Crippen LogP contribution in [0.2, 0.25) is 0 Å². The van der Waals surface area contributed by atoms with Crippen molar-refractivity contribution in [2.24, 2.45) is 0 Å². The Balaban J connectivity index is 1.54. The molecule has 2 aliphatic heterocycles. The molecule has 1 saturated heterocycles. The van der Waals surface area contributed by atoms with E-state index < -0.39 is 6.61 Å². The average Bonchev–Trinajstić information content (AvgIpc) is 2.97. The molecule has 2 aliphatic rings. The van der Waals surface area contributed by atoms with E-state index in [9.17, 15) is 14.4 Å². The topological polar surface area (TPSA) is 102 Å². The number of carbonyl (C=O) groups excluding carboxylic acids is 3. The molecule has 2 heterocycles. The number of aliphatic hydroxyl groups is 1. The molecule has 3 N–H and O–H groups in total. The molecule has 0 aliphatic carbocycles.